The van der Waals surface area contributed by atoms with Crippen molar-refractivity contribution in [3.63, 3.8) is 0 Å². The third-order valence-corrected chi connectivity index (χ3v) is 4.61. The third kappa shape index (κ3) is 4.92. The van der Waals surface area contributed by atoms with E-state index in [-0.39, 0.29) is 12.6 Å². The highest BCUT2D eigenvalue weighted by molar-refractivity contribution is 5.90. The maximum atomic E-state index is 12.4. The molecule has 3 aromatic rings. The number of benzene rings is 2. The molecule has 0 aliphatic rings. The number of aliphatic hydroxyl groups excluding tert-OH is 1. The van der Waals surface area contributed by atoms with Gasteiger partial charge in [-0.05, 0) is 47.0 Å². The summed E-state index contributed by atoms with van der Waals surface area (Å²) in [6.07, 6.45) is 2.16. The topological polar surface area (TPSA) is 105 Å². The first-order valence-electron chi connectivity index (χ1n) is 9.03. The van der Waals surface area contributed by atoms with E-state index in [0.29, 0.717) is 18.7 Å². The Morgan fingerprint density at radius 3 is 2.68 bits per heavy atom. The van der Waals surface area contributed by atoms with E-state index in [4.69, 9.17) is 0 Å². The van der Waals surface area contributed by atoms with Gasteiger partial charge in [0.25, 0.3) is 0 Å². The zero-order chi connectivity index (χ0) is 20.0. The number of urea groups is 1. The molecule has 0 saturated carbocycles. The lowest BCUT2D eigenvalue weighted by Gasteiger charge is -2.28. The van der Waals surface area contributed by atoms with E-state index in [0.717, 1.165) is 16.8 Å². The van der Waals surface area contributed by atoms with Gasteiger partial charge in [0, 0.05) is 17.6 Å². The van der Waals surface area contributed by atoms with Gasteiger partial charge in [-0.3, -0.25) is 0 Å². The van der Waals surface area contributed by atoms with Crippen LogP contribution in [-0.4, -0.2) is 44.5 Å². The number of hydrogen-bond acceptors (Lipinski definition) is 5. The minimum absolute atomic E-state index is 0.0318. The molecule has 0 radical (unpaired) electrons. The lowest BCUT2D eigenvalue weighted by Crippen LogP contribution is -2.41. The largest absolute Gasteiger partial charge is 0.396 e. The molecule has 2 amide bonds. The number of nitrogens with one attached hydrogen (secondary N) is 2. The van der Waals surface area contributed by atoms with Crippen molar-refractivity contribution >= 4 is 11.7 Å². The summed E-state index contributed by atoms with van der Waals surface area (Å²) in [6, 6.07) is 15.2. The number of hydrogen-bond donors (Lipinski definition) is 3. The number of rotatable bonds is 7. The van der Waals surface area contributed by atoms with E-state index in [9.17, 15) is 9.90 Å². The highest BCUT2D eigenvalue weighted by Crippen LogP contribution is 2.22. The molecule has 0 aliphatic carbocycles. The van der Waals surface area contributed by atoms with Crippen LogP contribution in [0, 0.1) is 12.3 Å². The van der Waals surface area contributed by atoms with Crippen LogP contribution in [0.5, 0.6) is 0 Å². The van der Waals surface area contributed by atoms with Gasteiger partial charge in [0.05, 0.1) is 12.3 Å². The summed E-state index contributed by atoms with van der Waals surface area (Å²) in [7, 11) is 0. The smallest absolute Gasteiger partial charge is 0.319 e. The normalized spacial score (nSPS) is 13.0. The monoisotopic (exact) mass is 380 g/mol. The molecule has 8 heteroatoms. The highest BCUT2D eigenvalue weighted by atomic mass is 16.3. The van der Waals surface area contributed by atoms with Crippen molar-refractivity contribution in [3.8, 4) is 5.69 Å². The fourth-order valence-electron chi connectivity index (χ4n) is 2.89. The molecule has 0 unspecified atom stereocenters. The van der Waals surface area contributed by atoms with E-state index >= 15 is 0 Å². The Hall–Kier alpha value is -3.26. The van der Waals surface area contributed by atoms with Crippen LogP contribution in [0.25, 0.3) is 5.69 Å². The van der Waals surface area contributed by atoms with Crippen LogP contribution in [0.4, 0.5) is 10.5 Å². The molecular weight excluding hydrogens is 356 g/mol. The number of tetrazole rings is 1. The number of nitrogens with zero attached hydrogens (tertiary/aromatic N) is 4. The first-order valence-corrected chi connectivity index (χ1v) is 9.03. The quantitative estimate of drug-likeness (QED) is 0.583. The van der Waals surface area contributed by atoms with Crippen LogP contribution in [0.2, 0.25) is 0 Å². The summed E-state index contributed by atoms with van der Waals surface area (Å²) in [6.45, 7) is 4.17. The Balaban J connectivity index is 1.63. The fourth-order valence-corrected chi connectivity index (χ4v) is 2.89. The minimum atomic E-state index is -0.456. The van der Waals surface area contributed by atoms with Gasteiger partial charge >= 0.3 is 6.03 Å². The molecule has 3 rings (SSSR count). The van der Waals surface area contributed by atoms with E-state index in [1.54, 1.807) is 6.07 Å². The molecule has 1 atom stereocenters. The van der Waals surface area contributed by atoms with Gasteiger partial charge in [0.1, 0.15) is 6.33 Å². The number of aliphatic hydroxyl groups is 1. The van der Waals surface area contributed by atoms with Crippen molar-refractivity contribution in [3.05, 3.63) is 66.0 Å². The minimum Gasteiger partial charge on any atom is -0.396 e. The molecule has 8 nitrogen and oxygen atoms in total. The summed E-state index contributed by atoms with van der Waals surface area (Å²) in [4.78, 5) is 12.4. The predicted molar refractivity (Wildman–Crippen MR) is 106 cm³/mol. The second-order valence-corrected chi connectivity index (χ2v) is 7.19. The molecule has 2 aromatic carbocycles. The van der Waals surface area contributed by atoms with Crippen LogP contribution in [-0.2, 0) is 6.42 Å². The highest BCUT2D eigenvalue weighted by Gasteiger charge is 2.24. The Morgan fingerprint density at radius 2 is 2.00 bits per heavy atom. The Labute approximate surface area is 163 Å². The fraction of sp³-hybridized carbons (Fsp3) is 0.300. The van der Waals surface area contributed by atoms with Gasteiger partial charge in [-0.1, -0.05) is 43.3 Å². The lowest BCUT2D eigenvalue weighted by atomic mass is 9.84. The van der Waals surface area contributed by atoms with Gasteiger partial charge < -0.3 is 15.7 Å². The number of carbonyl (C=O) groups is 1. The molecule has 0 aliphatic heterocycles. The number of amides is 2. The van der Waals surface area contributed by atoms with Crippen molar-refractivity contribution in [1.29, 1.82) is 0 Å². The number of anilines is 1. The van der Waals surface area contributed by atoms with Crippen molar-refractivity contribution < 1.29 is 9.90 Å². The zero-order valence-corrected chi connectivity index (χ0v) is 16.0. The standard InChI is InChI=1S/C20H24N6O2/c1-15-8-9-17(26-14-22-24-25-26)10-18(15)23-19(28)21-12-20(2,13-27)11-16-6-4-3-5-7-16/h3-10,14,27H,11-13H2,1-2H3,(H2,21,23,28)/t20-/m1/s1. The Bertz CT molecular complexity index is 914. The molecule has 0 spiro atoms. The van der Waals surface area contributed by atoms with Crippen LogP contribution in [0.15, 0.2) is 54.9 Å². The zero-order valence-electron chi connectivity index (χ0n) is 16.0. The molecule has 146 valence electrons. The summed E-state index contributed by atoms with van der Waals surface area (Å²) < 4.78 is 1.52. The van der Waals surface area contributed by atoms with Crippen LogP contribution in [0.1, 0.15) is 18.1 Å². The number of carbonyl (C=O) groups excluding carboxylic acids is 1. The van der Waals surface area contributed by atoms with Gasteiger partial charge in [0.15, 0.2) is 0 Å². The third-order valence-electron chi connectivity index (χ3n) is 4.61. The average molecular weight is 380 g/mol. The Kier molecular flexibility index (Phi) is 6.00. The summed E-state index contributed by atoms with van der Waals surface area (Å²) in [5.74, 6) is 0. The van der Waals surface area contributed by atoms with Crippen LogP contribution >= 0.6 is 0 Å². The molecule has 1 heterocycles. The first kappa shape index (κ1) is 19.5. The summed E-state index contributed by atoms with van der Waals surface area (Å²) >= 11 is 0. The average Bonchev–Trinajstić information content (AvgIpc) is 3.24. The van der Waals surface area contributed by atoms with E-state index < -0.39 is 5.41 Å². The predicted octanol–water partition coefficient (Wildman–Crippen LogP) is 2.33. The molecular formula is C20H24N6O2. The van der Waals surface area contributed by atoms with Crippen molar-refractivity contribution in [2.75, 3.05) is 18.5 Å². The van der Waals surface area contributed by atoms with Crippen molar-refractivity contribution in [2.45, 2.75) is 20.3 Å². The summed E-state index contributed by atoms with van der Waals surface area (Å²) in [5.41, 5.74) is 2.99. The van der Waals surface area contributed by atoms with Gasteiger partial charge in [-0.2, -0.15) is 0 Å². The molecule has 0 bridgehead atoms. The summed E-state index contributed by atoms with van der Waals surface area (Å²) in [5, 5.41) is 26.7. The molecule has 28 heavy (non-hydrogen) atoms. The van der Waals surface area contributed by atoms with Crippen LogP contribution < -0.4 is 10.6 Å². The number of aryl methyl sites for hydroxylation is 1. The van der Waals surface area contributed by atoms with Crippen LogP contribution in [0.3, 0.4) is 0 Å². The van der Waals surface area contributed by atoms with E-state index in [1.807, 2.05) is 56.3 Å². The second-order valence-electron chi connectivity index (χ2n) is 7.19. The molecule has 1 aromatic heterocycles. The maximum absolute atomic E-state index is 12.4. The van der Waals surface area contributed by atoms with Gasteiger partial charge in [-0.25, -0.2) is 9.48 Å². The Morgan fingerprint density at radius 1 is 1.21 bits per heavy atom. The maximum Gasteiger partial charge on any atom is 0.319 e. The van der Waals surface area contributed by atoms with Crippen molar-refractivity contribution in [1.82, 2.24) is 25.5 Å². The molecule has 0 saturated heterocycles. The SMILES string of the molecule is Cc1ccc(-n2cnnn2)cc1NC(=O)NC[C@](C)(CO)Cc1ccccc1. The number of aromatic nitrogens is 4. The molecule has 0 fully saturated rings. The van der Waals surface area contributed by atoms with Crippen molar-refractivity contribution in [2.24, 2.45) is 5.41 Å². The first-order chi connectivity index (χ1) is 13.5. The molecule has 3 N–H and O–H groups in total. The van der Waals surface area contributed by atoms with Gasteiger partial charge in [-0.15, -0.1) is 5.10 Å². The van der Waals surface area contributed by atoms with E-state index in [2.05, 4.69) is 26.2 Å². The van der Waals surface area contributed by atoms with Gasteiger partial charge in [0.2, 0.25) is 0 Å². The second kappa shape index (κ2) is 8.62. The lowest BCUT2D eigenvalue weighted by molar-refractivity contribution is 0.141. The van der Waals surface area contributed by atoms with E-state index in [1.165, 1.54) is 11.0 Å².